The van der Waals surface area contributed by atoms with Crippen LogP contribution in [-0.4, -0.2) is 24.8 Å². The smallest absolute Gasteiger partial charge is 0.339 e. The van der Waals surface area contributed by atoms with Gasteiger partial charge in [-0.1, -0.05) is 35.9 Å². The molecule has 3 aliphatic rings. The van der Waals surface area contributed by atoms with Gasteiger partial charge in [-0.2, -0.15) is 0 Å². The number of carbonyl (C=O) groups excluding carboxylic acids is 3. The first kappa shape index (κ1) is 20.1. The number of nitrogens with one attached hydrogen (secondary N) is 1. The third-order valence-corrected chi connectivity index (χ3v) is 6.50. The Hall–Kier alpha value is -3.87. The SMILES string of the molecule is COC(=O)C1=C(N)N(c2ccc(C)cc2)C2=C(C(=O)CCC2)C12C(=O)Nc1ccccc12. The van der Waals surface area contributed by atoms with E-state index >= 15 is 0 Å². The van der Waals surface area contributed by atoms with E-state index in [0.29, 0.717) is 41.8 Å². The zero-order valence-corrected chi connectivity index (χ0v) is 17.9. The Morgan fingerprint density at radius 2 is 1.81 bits per heavy atom. The Balaban J connectivity index is 1.90. The van der Waals surface area contributed by atoms with E-state index in [-0.39, 0.29) is 17.2 Å². The van der Waals surface area contributed by atoms with Crippen LogP contribution in [-0.2, 0) is 24.5 Å². The normalized spacial score (nSPS) is 22.1. The van der Waals surface area contributed by atoms with Gasteiger partial charge in [-0.15, -0.1) is 0 Å². The minimum atomic E-state index is -1.64. The number of allylic oxidation sites excluding steroid dienone is 1. The van der Waals surface area contributed by atoms with E-state index in [0.717, 1.165) is 11.3 Å². The van der Waals surface area contributed by atoms with Crippen molar-refractivity contribution in [3.05, 3.63) is 82.3 Å². The number of aryl methyl sites for hydroxylation is 1. The number of fused-ring (bicyclic) bond motifs is 3. The summed E-state index contributed by atoms with van der Waals surface area (Å²) in [4.78, 5) is 42.1. The van der Waals surface area contributed by atoms with Gasteiger partial charge < -0.3 is 15.8 Å². The van der Waals surface area contributed by atoms with Crippen molar-refractivity contribution in [3.8, 4) is 0 Å². The number of anilines is 2. The maximum atomic E-state index is 13.7. The third kappa shape index (κ3) is 2.51. The van der Waals surface area contributed by atoms with Gasteiger partial charge >= 0.3 is 5.97 Å². The number of ketones is 1. The first-order valence-corrected chi connectivity index (χ1v) is 10.5. The van der Waals surface area contributed by atoms with Crippen molar-refractivity contribution in [2.45, 2.75) is 31.6 Å². The van der Waals surface area contributed by atoms with Crippen LogP contribution in [0.4, 0.5) is 11.4 Å². The van der Waals surface area contributed by atoms with Crippen LogP contribution in [0.5, 0.6) is 0 Å². The van der Waals surface area contributed by atoms with Crippen LogP contribution < -0.4 is 16.0 Å². The molecule has 2 aliphatic heterocycles. The van der Waals surface area contributed by atoms with Crippen molar-refractivity contribution < 1.29 is 19.1 Å². The fourth-order valence-corrected chi connectivity index (χ4v) is 5.15. The summed E-state index contributed by atoms with van der Waals surface area (Å²) >= 11 is 0. The lowest BCUT2D eigenvalue weighted by atomic mass is 9.63. The molecule has 2 aromatic carbocycles. The van der Waals surface area contributed by atoms with Gasteiger partial charge in [-0.25, -0.2) is 4.79 Å². The van der Waals surface area contributed by atoms with Crippen molar-refractivity contribution in [1.29, 1.82) is 0 Å². The number of hydrogen-bond donors (Lipinski definition) is 2. The van der Waals surface area contributed by atoms with E-state index in [1.165, 1.54) is 7.11 Å². The molecule has 2 heterocycles. The number of carbonyl (C=O) groups is 3. The number of Topliss-reactive ketones (excluding diaryl/α,β-unsaturated/α-hetero) is 1. The number of nitrogens with zero attached hydrogens (tertiary/aromatic N) is 1. The largest absolute Gasteiger partial charge is 0.466 e. The molecule has 0 aromatic heterocycles. The highest BCUT2D eigenvalue weighted by molar-refractivity contribution is 6.23. The van der Waals surface area contributed by atoms with Gasteiger partial charge in [0, 0.05) is 34.6 Å². The molecule has 0 bridgehead atoms. The summed E-state index contributed by atoms with van der Waals surface area (Å²) in [5, 5.41) is 2.86. The molecule has 0 saturated carbocycles. The molecule has 1 amide bonds. The predicted octanol–water partition coefficient (Wildman–Crippen LogP) is 3.06. The van der Waals surface area contributed by atoms with Crippen LogP contribution in [0, 0.1) is 6.92 Å². The van der Waals surface area contributed by atoms with Gasteiger partial charge in [0.15, 0.2) is 5.78 Å². The number of para-hydroxylation sites is 1. The lowest BCUT2D eigenvalue weighted by Crippen LogP contribution is -2.53. The van der Waals surface area contributed by atoms with Crippen molar-refractivity contribution in [1.82, 2.24) is 0 Å². The minimum Gasteiger partial charge on any atom is -0.466 e. The third-order valence-electron chi connectivity index (χ3n) is 6.50. The Morgan fingerprint density at radius 1 is 1.09 bits per heavy atom. The fraction of sp³-hybridized carbons (Fsp3) is 0.240. The minimum absolute atomic E-state index is 0.0305. The first-order valence-electron chi connectivity index (χ1n) is 10.5. The predicted molar refractivity (Wildman–Crippen MR) is 120 cm³/mol. The highest BCUT2D eigenvalue weighted by atomic mass is 16.5. The summed E-state index contributed by atoms with van der Waals surface area (Å²) in [6.07, 6.45) is 1.49. The monoisotopic (exact) mass is 429 g/mol. The molecule has 5 rings (SSSR count). The van der Waals surface area contributed by atoms with E-state index < -0.39 is 17.3 Å². The number of rotatable bonds is 2. The number of methoxy groups -OCH3 is 1. The van der Waals surface area contributed by atoms with Gasteiger partial charge in [-0.3, -0.25) is 14.5 Å². The van der Waals surface area contributed by atoms with E-state index in [1.807, 2.05) is 31.2 Å². The Bertz CT molecular complexity index is 1240. The highest BCUT2D eigenvalue weighted by Gasteiger charge is 2.61. The second kappa shape index (κ2) is 7.09. The molecular formula is C25H23N3O4. The molecule has 3 N–H and O–H groups in total. The molecule has 7 heteroatoms. The lowest BCUT2D eigenvalue weighted by molar-refractivity contribution is -0.138. The molecule has 1 spiro atoms. The van der Waals surface area contributed by atoms with Crippen molar-refractivity contribution in [3.63, 3.8) is 0 Å². The van der Waals surface area contributed by atoms with Crippen LogP contribution in [0.2, 0.25) is 0 Å². The molecule has 1 atom stereocenters. The van der Waals surface area contributed by atoms with E-state index in [1.54, 1.807) is 29.2 Å². The molecular weight excluding hydrogens is 406 g/mol. The van der Waals surface area contributed by atoms with E-state index in [4.69, 9.17) is 10.5 Å². The van der Waals surface area contributed by atoms with Crippen LogP contribution in [0.15, 0.2) is 71.2 Å². The molecule has 1 aliphatic carbocycles. The maximum absolute atomic E-state index is 13.7. The summed E-state index contributed by atoms with van der Waals surface area (Å²) < 4.78 is 5.11. The summed E-state index contributed by atoms with van der Waals surface area (Å²) in [5.74, 6) is -1.27. The number of hydrogen-bond acceptors (Lipinski definition) is 6. The van der Waals surface area contributed by atoms with Gasteiger partial charge in [0.05, 0.1) is 7.11 Å². The Labute approximate surface area is 185 Å². The van der Waals surface area contributed by atoms with Gasteiger partial charge in [0.1, 0.15) is 16.8 Å². The zero-order valence-electron chi connectivity index (χ0n) is 17.9. The summed E-state index contributed by atoms with van der Waals surface area (Å²) in [5.41, 5.74) is 8.85. The number of benzene rings is 2. The molecule has 0 radical (unpaired) electrons. The molecule has 1 unspecified atom stereocenters. The number of ether oxygens (including phenoxy) is 1. The van der Waals surface area contributed by atoms with E-state index in [9.17, 15) is 14.4 Å². The van der Waals surface area contributed by atoms with Crippen molar-refractivity contribution in [2.75, 3.05) is 17.3 Å². The summed E-state index contributed by atoms with van der Waals surface area (Å²) in [6, 6.07) is 14.8. The summed E-state index contributed by atoms with van der Waals surface area (Å²) in [7, 11) is 1.25. The maximum Gasteiger partial charge on any atom is 0.339 e. The van der Waals surface area contributed by atoms with Crippen LogP contribution in [0.3, 0.4) is 0 Å². The molecule has 2 aromatic rings. The highest BCUT2D eigenvalue weighted by Crippen LogP contribution is 2.55. The fourth-order valence-electron chi connectivity index (χ4n) is 5.15. The first-order chi connectivity index (χ1) is 15.4. The lowest BCUT2D eigenvalue weighted by Gasteiger charge is -2.44. The van der Waals surface area contributed by atoms with Gasteiger partial charge in [0.2, 0.25) is 5.91 Å². The number of amides is 1. The Kier molecular flexibility index (Phi) is 4.44. The standard InChI is InChI=1S/C25H23N3O4/c1-14-10-12-15(13-11-14)28-18-8-5-9-19(29)20(18)25(21(22(28)26)23(30)32-2)16-6-3-4-7-17(16)27-24(25)31/h3-4,6-7,10-13H,5,8-9,26H2,1-2H3,(H,27,31). The molecule has 7 nitrogen and oxygen atoms in total. The average molecular weight is 429 g/mol. The van der Waals surface area contributed by atoms with Gasteiger partial charge in [-0.05, 0) is 38.0 Å². The number of esters is 1. The summed E-state index contributed by atoms with van der Waals surface area (Å²) in [6.45, 7) is 1.97. The molecule has 0 saturated heterocycles. The molecule has 162 valence electrons. The Morgan fingerprint density at radius 3 is 2.53 bits per heavy atom. The second-order valence-corrected chi connectivity index (χ2v) is 8.27. The van der Waals surface area contributed by atoms with Crippen LogP contribution in [0.1, 0.15) is 30.4 Å². The number of nitrogens with two attached hydrogens (primary N) is 1. The quantitative estimate of drug-likeness (QED) is 0.712. The molecule has 0 fully saturated rings. The van der Waals surface area contributed by atoms with Crippen molar-refractivity contribution in [2.24, 2.45) is 5.73 Å². The van der Waals surface area contributed by atoms with Crippen LogP contribution in [0.25, 0.3) is 0 Å². The van der Waals surface area contributed by atoms with E-state index in [2.05, 4.69) is 5.32 Å². The van der Waals surface area contributed by atoms with Crippen LogP contribution >= 0.6 is 0 Å². The second-order valence-electron chi connectivity index (χ2n) is 8.27. The average Bonchev–Trinajstić information content (AvgIpc) is 3.07. The topological polar surface area (TPSA) is 102 Å². The zero-order chi connectivity index (χ0) is 22.6. The van der Waals surface area contributed by atoms with Gasteiger partial charge in [0.25, 0.3) is 0 Å². The molecule has 32 heavy (non-hydrogen) atoms. The van der Waals surface area contributed by atoms with Crippen molar-refractivity contribution >= 4 is 29.0 Å².